The fraction of sp³-hybridized carbons (Fsp3) is 0.522. The van der Waals surface area contributed by atoms with Gasteiger partial charge in [-0.05, 0) is 42.5 Å². The van der Waals surface area contributed by atoms with Gasteiger partial charge < -0.3 is 10.6 Å². The fourth-order valence-electron chi connectivity index (χ4n) is 3.48. The Morgan fingerprint density at radius 3 is 2.45 bits per heavy atom. The number of benzene rings is 1. The molecule has 0 radical (unpaired) electrons. The van der Waals surface area contributed by atoms with Crippen LogP contribution in [0.4, 0.5) is 0 Å². The topological polar surface area (TPSA) is 113 Å². The summed E-state index contributed by atoms with van der Waals surface area (Å²) in [5, 5.41) is 9.76. The number of sulfonamides is 1. The molecule has 10 heteroatoms. The second-order valence-corrected chi connectivity index (χ2v) is 10.2. The van der Waals surface area contributed by atoms with Crippen molar-refractivity contribution in [2.45, 2.75) is 51.5 Å². The Hall–Kier alpha value is -2.72. The molecular formula is C23H35N5O4S. The minimum absolute atomic E-state index is 0.0554. The lowest BCUT2D eigenvalue weighted by Gasteiger charge is -2.22. The van der Waals surface area contributed by atoms with E-state index in [9.17, 15) is 18.0 Å². The standard InChI is InChI=1S/C23H35N5O4S/c1-6-28(7-2)33(31,32)20-12-8-11-19(14-20)22(29)26-21(17(3)4)23(30)24-13-9-10-18-15-25-27(5)16-18/h8,11-12,14-17,21H,6-7,9-10,13H2,1-5H3,(H,24,30)(H,26,29). The molecule has 0 fully saturated rings. The highest BCUT2D eigenvalue weighted by Gasteiger charge is 2.26. The molecule has 0 aliphatic heterocycles. The van der Waals surface area contributed by atoms with E-state index in [1.54, 1.807) is 30.8 Å². The van der Waals surface area contributed by atoms with Crippen LogP contribution in [0.1, 0.15) is 50.0 Å². The summed E-state index contributed by atoms with van der Waals surface area (Å²) in [6.45, 7) is 8.38. The van der Waals surface area contributed by atoms with Crippen LogP contribution < -0.4 is 10.6 Å². The largest absolute Gasteiger partial charge is 0.354 e. The van der Waals surface area contributed by atoms with Gasteiger partial charge in [-0.15, -0.1) is 0 Å². The first-order chi connectivity index (χ1) is 15.6. The Bertz CT molecular complexity index is 1040. The molecule has 182 valence electrons. The van der Waals surface area contributed by atoms with Gasteiger partial charge in [0.2, 0.25) is 15.9 Å². The summed E-state index contributed by atoms with van der Waals surface area (Å²) in [4.78, 5) is 25.6. The first kappa shape index (κ1) is 26.5. The molecule has 2 rings (SSSR count). The minimum atomic E-state index is -3.69. The van der Waals surface area contributed by atoms with Gasteiger partial charge in [0.1, 0.15) is 6.04 Å². The first-order valence-corrected chi connectivity index (χ1v) is 12.7. The normalized spacial score (nSPS) is 12.7. The highest BCUT2D eigenvalue weighted by Crippen LogP contribution is 2.17. The van der Waals surface area contributed by atoms with Gasteiger partial charge in [0.05, 0.1) is 11.1 Å². The molecule has 2 aromatic rings. The van der Waals surface area contributed by atoms with Gasteiger partial charge in [-0.2, -0.15) is 9.40 Å². The summed E-state index contributed by atoms with van der Waals surface area (Å²) in [7, 11) is -1.83. The van der Waals surface area contributed by atoms with Gasteiger partial charge in [-0.3, -0.25) is 14.3 Å². The van der Waals surface area contributed by atoms with E-state index in [0.29, 0.717) is 19.6 Å². The minimum Gasteiger partial charge on any atom is -0.354 e. The summed E-state index contributed by atoms with van der Waals surface area (Å²) < 4.78 is 28.6. The van der Waals surface area contributed by atoms with E-state index in [0.717, 1.165) is 18.4 Å². The summed E-state index contributed by atoms with van der Waals surface area (Å²) in [5.41, 5.74) is 1.29. The van der Waals surface area contributed by atoms with Gasteiger partial charge in [0.15, 0.2) is 0 Å². The molecule has 1 heterocycles. The van der Waals surface area contributed by atoms with E-state index < -0.39 is 22.0 Å². The van der Waals surface area contributed by atoms with Gasteiger partial charge in [0.25, 0.3) is 5.91 Å². The van der Waals surface area contributed by atoms with E-state index in [-0.39, 0.29) is 22.3 Å². The fourth-order valence-corrected chi connectivity index (χ4v) is 4.99. The molecule has 2 N–H and O–H groups in total. The van der Waals surface area contributed by atoms with Crippen LogP contribution in [0.25, 0.3) is 0 Å². The van der Waals surface area contributed by atoms with Crippen LogP contribution in [0, 0.1) is 5.92 Å². The smallest absolute Gasteiger partial charge is 0.251 e. The van der Waals surface area contributed by atoms with Gasteiger partial charge >= 0.3 is 0 Å². The van der Waals surface area contributed by atoms with E-state index in [1.807, 2.05) is 27.1 Å². The molecule has 0 spiro atoms. The molecule has 1 aromatic heterocycles. The van der Waals surface area contributed by atoms with Crippen molar-refractivity contribution in [3.63, 3.8) is 0 Å². The molecule has 0 bridgehead atoms. The number of amides is 2. The lowest BCUT2D eigenvalue weighted by molar-refractivity contribution is -0.123. The number of aromatic nitrogens is 2. The monoisotopic (exact) mass is 477 g/mol. The van der Waals surface area contributed by atoms with Crippen molar-refractivity contribution in [1.82, 2.24) is 24.7 Å². The van der Waals surface area contributed by atoms with Crippen LogP contribution in [0.5, 0.6) is 0 Å². The van der Waals surface area contributed by atoms with Crippen LogP contribution in [0.15, 0.2) is 41.6 Å². The quantitative estimate of drug-likeness (QED) is 0.454. The van der Waals surface area contributed by atoms with E-state index in [4.69, 9.17) is 0 Å². The molecule has 0 saturated carbocycles. The molecule has 0 aliphatic carbocycles. The average Bonchev–Trinajstić information content (AvgIpc) is 3.20. The number of aryl methyl sites for hydroxylation is 2. The zero-order chi connectivity index (χ0) is 24.6. The Morgan fingerprint density at radius 1 is 1.18 bits per heavy atom. The predicted octanol–water partition coefficient (Wildman–Crippen LogP) is 1.95. The van der Waals surface area contributed by atoms with Crippen molar-refractivity contribution in [2.75, 3.05) is 19.6 Å². The number of carbonyl (C=O) groups excluding carboxylic acids is 2. The molecule has 0 aliphatic rings. The van der Waals surface area contributed by atoms with Crippen LogP contribution in [0.2, 0.25) is 0 Å². The van der Waals surface area contributed by atoms with Crippen molar-refractivity contribution in [1.29, 1.82) is 0 Å². The van der Waals surface area contributed by atoms with E-state index in [1.165, 1.54) is 22.5 Å². The third kappa shape index (κ3) is 7.13. The number of nitrogens with zero attached hydrogens (tertiary/aromatic N) is 3. The molecule has 1 atom stereocenters. The Labute approximate surface area is 196 Å². The van der Waals surface area contributed by atoms with Crippen molar-refractivity contribution in [3.05, 3.63) is 47.8 Å². The third-order valence-corrected chi connectivity index (χ3v) is 7.42. The predicted molar refractivity (Wildman–Crippen MR) is 127 cm³/mol. The zero-order valence-corrected chi connectivity index (χ0v) is 20.9. The lowest BCUT2D eigenvalue weighted by atomic mass is 10.0. The summed E-state index contributed by atoms with van der Waals surface area (Å²) in [6.07, 6.45) is 5.28. The summed E-state index contributed by atoms with van der Waals surface area (Å²) >= 11 is 0. The Morgan fingerprint density at radius 2 is 1.88 bits per heavy atom. The van der Waals surface area contributed by atoms with Crippen LogP contribution in [0.3, 0.4) is 0 Å². The van der Waals surface area contributed by atoms with Gasteiger partial charge in [-0.1, -0.05) is 33.8 Å². The summed E-state index contributed by atoms with van der Waals surface area (Å²) in [5.74, 6) is -0.901. The maximum absolute atomic E-state index is 12.9. The van der Waals surface area contributed by atoms with Crippen LogP contribution in [-0.2, 0) is 28.3 Å². The molecule has 2 amide bonds. The van der Waals surface area contributed by atoms with E-state index >= 15 is 0 Å². The van der Waals surface area contributed by atoms with Crippen molar-refractivity contribution < 1.29 is 18.0 Å². The number of hydrogen-bond acceptors (Lipinski definition) is 5. The first-order valence-electron chi connectivity index (χ1n) is 11.3. The second-order valence-electron chi connectivity index (χ2n) is 8.23. The van der Waals surface area contributed by atoms with Gasteiger partial charge in [0, 0.05) is 38.4 Å². The number of hydrogen-bond donors (Lipinski definition) is 2. The lowest BCUT2D eigenvalue weighted by Crippen LogP contribution is -2.50. The molecule has 9 nitrogen and oxygen atoms in total. The molecule has 33 heavy (non-hydrogen) atoms. The Balaban J connectivity index is 2.02. The SMILES string of the molecule is CCN(CC)S(=O)(=O)c1cccc(C(=O)NC(C(=O)NCCCc2cnn(C)c2)C(C)C)c1. The van der Waals surface area contributed by atoms with Crippen molar-refractivity contribution >= 4 is 21.8 Å². The van der Waals surface area contributed by atoms with Crippen molar-refractivity contribution in [3.8, 4) is 0 Å². The van der Waals surface area contributed by atoms with Crippen LogP contribution >= 0.6 is 0 Å². The average molecular weight is 478 g/mol. The van der Waals surface area contributed by atoms with Crippen molar-refractivity contribution in [2.24, 2.45) is 13.0 Å². The third-order valence-electron chi connectivity index (χ3n) is 5.37. The Kier molecular flexibility index (Phi) is 9.60. The number of rotatable bonds is 12. The summed E-state index contributed by atoms with van der Waals surface area (Å²) in [6, 6.07) is 5.17. The number of carbonyl (C=O) groups is 2. The highest BCUT2D eigenvalue weighted by atomic mass is 32.2. The molecular weight excluding hydrogens is 442 g/mol. The zero-order valence-electron chi connectivity index (χ0n) is 20.0. The van der Waals surface area contributed by atoms with Gasteiger partial charge in [-0.25, -0.2) is 8.42 Å². The highest BCUT2D eigenvalue weighted by molar-refractivity contribution is 7.89. The molecule has 1 unspecified atom stereocenters. The molecule has 1 aromatic carbocycles. The van der Waals surface area contributed by atoms with E-state index in [2.05, 4.69) is 15.7 Å². The number of nitrogens with one attached hydrogen (secondary N) is 2. The maximum atomic E-state index is 12.9. The second kappa shape index (κ2) is 11.9. The van der Waals surface area contributed by atoms with Crippen LogP contribution in [-0.4, -0.2) is 60.0 Å². The maximum Gasteiger partial charge on any atom is 0.251 e. The molecule has 0 saturated heterocycles.